The normalized spacial score (nSPS) is 12.3. The van der Waals surface area contributed by atoms with Crippen molar-refractivity contribution in [2.45, 2.75) is 37.4 Å². The van der Waals surface area contributed by atoms with Gasteiger partial charge in [-0.3, -0.25) is 0 Å². The molecule has 0 saturated carbocycles. The molecule has 15 heavy (non-hydrogen) atoms. The summed E-state index contributed by atoms with van der Waals surface area (Å²) >= 11 is 0.566. The van der Waals surface area contributed by atoms with Crippen LogP contribution in [-0.2, 0) is 0 Å². The van der Waals surface area contributed by atoms with E-state index in [4.69, 9.17) is 0 Å². The SMILES string of the molecule is C=CC(CCCCC)[Se]c1ccccc1. The third-order valence-electron chi connectivity index (χ3n) is 2.39. The van der Waals surface area contributed by atoms with E-state index in [1.807, 2.05) is 0 Å². The number of benzene rings is 1. The first-order chi connectivity index (χ1) is 7.36. The van der Waals surface area contributed by atoms with Gasteiger partial charge >= 0.3 is 99.8 Å². The van der Waals surface area contributed by atoms with E-state index in [0.29, 0.717) is 19.8 Å². The molecule has 0 radical (unpaired) electrons. The molecule has 0 aliphatic carbocycles. The fourth-order valence-corrected chi connectivity index (χ4v) is 3.69. The summed E-state index contributed by atoms with van der Waals surface area (Å²) < 4.78 is 1.49. The molecule has 1 aromatic carbocycles. The molecule has 0 aliphatic rings. The van der Waals surface area contributed by atoms with Crippen LogP contribution >= 0.6 is 0 Å². The van der Waals surface area contributed by atoms with Gasteiger partial charge in [-0.1, -0.05) is 0 Å². The molecule has 0 nitrogen and oxygen atoms in total. The van der Waals surface area contributed by atoms with Gasteiger partial charge in [0.1, 0.15) is 0 Å². The average molecular weight is 267 g/mol. The first-order valence-electron chi connectivity index (χ1n) is 5.71. The van der Waals surface area contributed by atoms with Crippen LogP contribution in [0.25, 0.3) is 0 Å². The molecule has 0 bridgehead atoms. The number of rotatable bonds is 7. The van der Waals surface area contributed by atoms with Crippen LogP contribution in [0, 0.1) is 0 Å². The van der Waals surface area contributed by atoms with Crippen LogP contribution in [0.4, 0.5) is 0 Å². The minimum atomic E-state index is 0.566. The van der Waals surface area contributed by atoms with Gasteiger partial charge in [-0.15, -0.1) is 0 Å². The van der Waals surface area contributed by atoms with Crippen molar-refractivity contribution < 1.29 is 0 Å². The molecule has 0 saturated heterocycles. The van der Waals surface area contributed by atoms with Crippen molar-refractivity contribution in [2.75, 3.05) is 0 Å². The second-order valence-electron chi connectivity index (χ2n) is 3.70. The zero-order chi connectivity index (χ0) is 10.9. The van der Waals surface area contributed by atoms with Gasteiger partial charge in [-0.25, -0.2) is 0 Å². The molecule has 0 amide bonds. The van der Waals surface area contributed by atoms with Crippen LogP contribution < -0.4 is 4.46 Å². The van der Waals surface area contributed by atoms with Crippen LogP contribution in [0.1, 0.15) is 32.6 Å². The van der Waals surface area contributed by atoms with E-state index < -0.39 is 0 Å². The van der Waals surface area contributed by atoms with Crippen LogP contribution in [0.15, 0.2) is 43.0 Å². The summed E-state index contributed by atoms with van der Waals surface area (Å²) in [6.45, 7) is 6.21. The molecule has 0 spiro atoms. The second kappa shape index (κ2) is 7.73. The van der Waals surface area contributed by atoms with E-state index in [-0.39, 0.29) is 0 Å². The molecular formula is C14H20Se. The van der Waals surface area contributed by atoms with Gasteiger partial charge < -0.3 is 0 Å². The molecule has 1 atom stereocenters. The Balaban J connectivity index is 2.37. The maximum absolute atomic E-state index is 3.95. The monoisotopic (exact) mass is 268 g/mol. The van der Waals surface area contributed by atoms with E-state index in [2.05, 4.69) is 49.9 Å². The second-order valence-corrected chi connectivity index (χ2v) is 6.45. The Morgan fingerprint density at radius 2 is 2.00 bits per heavy atom. The number of unbranched alkanes of at least 4 members (excludes halogenated alkanes) is 2. The van der Waals surface area contributed by atoms with Crippen LogP contribution in [0.5, 0.6) is 0 Å². The Bertz CT molecular complexity index is 266. The average Bonchev–Trinajstić information content (AvgIpc) is 2.29. The molecular weight excluding hydrogens is 247 g/mol. The number of allylic oxidation sites excluding steroid dienone is 1. The Kier molecular flexibility index (Phi) is 6.47. The molecule has 0 heterocycles. The van der Waals surface area contributed by atoms with Crippen LogP contribution in [-0.4, -0.2) is 15.0 Å². The predicted octanol–water partition coefficient (Wildman–Crippen LogP) is 3.57. The third-order valence-corrected chi connectivity index (χ3v) is 5.06. The quantitative estimate of drug-likeness (QED) is 0.402. The maximum atomic E-state index is 3.95. The van der Waals surface area contributed by atoms with Crippen LogP contribution in [0.2, 0.25) is 4.82 Å². The molecule has 82 valence electrons. The van der Waals surface area contributed by atoms with E-state index in [1.165, 1.54) is 30.1 Å². The Morgan fingerprint density at radius 3 is 2.60 bits per heavy atom. The Morgan fingerprint density at radius 1 is 1.27 bits per heavy atom. The van der Waals surface area contributed by atoms with Gasteiger partial charge in [0, 0.05) is 0 Å². The summed E-state index contributed by atoms with van der Waals surface area (Å²) in [4.78, 5) is 0.714. The van der Waals surface area contributed by atoms with Crippen molar-refractivity contribution in [1.82, 2.24) is 0 Å². The van der Waals surface area contributed by atoms with Gasteiger partial charge in [0.15, 0.2) is 0 Å². The van der Waals surface area contributed by atoms with Crippen molar-refractivity contribution in [3.05, 3.63) is 43.0 Å². The van der Waals surface area contributed by atoms with Crippen molar-refractivity contribution in [3.63, 3.8) is 0 Å². The van der Waals surface area contributed by atoms with E-state index in [0.717, 1.165) is 0 Å². The molecule has 0 aromatic heterocycles. The zero-order valence-electron chi connectivity index (χ0n) is 9.49. The minimum absolute atomic E-state index is 0.566. The van der Waals surface area contributed by atoms with Gasteiger partial charge in [0.25, 0.3) is 0 Å². The standard InChI is InChI=1S/C14H20Se/c1-3-5-7-10-13(4-2)15-14-11-8-6-9-12-14/h4,6,8-9,11-13H,2-3,5,7,10H2,1H3. The van der Waals surface area contributed by atoms with E-state index in [1.54, 1.807) is 0 Å². The summed E-state index contributed by atoms with van der Waals surface area (Å²) in [5.41, 5.74) is 0. The molecule has 0 N–H and O–H groups in total. The Labute approximate surface area is 99.9 Å². The topological polar surface area (TPSA) is 0 Å². The van der Waals surface area contributed by atoms with Gasteiger partial charge in [-0.2, -0.15) is 0 Å². The first kappa shape index (κ1) is 12.5. The Hall–Kier alpha value is -0.521. The van der Waals surface area contributed by atoms with Crippen molar-refractivity contribution in [1.29, 1.82) is 0 Å². The summed E-state index contributed by atoms with van der Waals surface area (Å²) in [5, 5.41) is 0. The molecule has 0 fully saturated rings. The summed E-state index contributed by atoms with van der Waals surface area (Å²) in [5.74, 6) is 0. The van der Waals surface area contributed by atoms with E-state index >= 15 is 0 Å². The first-order valence-corrected chi connectivity index (χ1v) is 7.55. The van der Waals surface area contributed by atoms with Gasteiger partial charge in [-0.05, 0) is 0 Å². The number of hydrogen-bond acceptors (Lipinski definition) is 0. The fourth-order valence-electron chi connectivity index (χ4n) is 1.49. The molecule has 1 unspecified atom stereocenters. The van der Waals surface area contributed by atoms with Gasteiger partial charge in [0.2, 0.25) is 0 Å². The predicted molar refractivity (Wildman–Crippen MR) is 69.9 cm³/mol. The van der Waals surface area contributed by atoms with Crippen molar-refractivity contribution in [2.24, 2.45) is 0 Å². The summed E-state index contributed by atoms with van der Waals surface area (Å²) in [6.07, 6.45) is 7.47. The summed E-state index contributed by atoms with van der Waals surface area (Å²) in [6, 6.07) is 10.8. The molecule has 1 rings (SSSR count). The molecule has 0 aliphatic heterocycles. The fraction of sp³-hybridized carbons (Fsp3) is 0.429. The molecule has 1 heteroatoms. The van der Waals surface area contributed by atoms with Crippen molar-refractivity contribution in [3.8, 4) is 0 Å². The summed E-state index contributed by atoms with van der Waals surface area (Å²) in [7, 11) is 0. The van der Waals surface area contributed by atoms with E-state index in [9.17, 15) is 0 Å². The molecule has 1 aromatic rings. The van der Waals surface area contributed by atoms with Gasteiger partial charge in [0.05, 0.1) is 0 Å². The zero-order valence-corrected chi connectivity index (χ0v) is 11.2. The number of hydrogen-bond donors (Lipinski definition) is 0. The third kappa shape index (κ3) is 5.20. The van der Waals surface area contributed by atoms with Crippen molar-refractivity contribution >= 4 is 19.4 Å². The van der Waals surface area contributed by atoms with Crippen LogP contribution in [0.3, 0.4) is 0 Å².